The van der Waals surface area contributed by atoms with Crippen molar-refractivity contribution in [2.24, 2.45) is 0 Å². The summed E-state index contributed by atoms with van der Waals surface area (Å²) in [4.78, 5) is 4.27. The van der Waals surface area contributed by atoms with Crippen LogP contribution in [0.2, 0.25) is 5.02 Å². The Morgan fingerprint density at radius 1 is 1.41 bits per heavy atom. The van der Waals surface area contributed by atoms with Crippen LogP contribution in [0.5, 0.6) is 0 Å². The number of rotatable bonds is 4. The van der Waals surface area contributed by atoms with Gasteiger partial charge in [-0.15, -0.1) is 0 Å². The maximum atomic E-state index is 9.22. The number of benzene rings is 1. The summed E-state index contributed by atoms with van der Waals surface area (Å²) in [5.74, 6) is 0.654. The Morgan fingerprint density at radius 2 is 2.12 bits per heavy atom. The fraction of sp³-hybridized carbons (Fsp3) is 0.273. The Bertz CT molecular complexity index is 484. The molecule has 0 bridgehead atoms. The topological polar surface area (TPSA) is 58.0 Å². The van der Waals surface area contributed by atoms with Crippen LogP contribution in [0.15, 0.2) is 24.3 Å². The molecule has 0 aliphatic rings. The predicted molar refractivity (Wildman–Crippen MR) is 70.0 cm³/mol. The van der Waals surface area contributed by atoms with E-state index in [-0.39, 0.29) is 0 Å². The van der Waals surface area contributed by atoms with Crippen molar-refractivity contribution in [1.29, 1.82) is 0 Å². The molecule has 0 radical (unpaired) electrons. The molecular weight excluding hydrogens is 258 g/mol. The van der Waals surface area contributed by atoms with Crippen LogP contribution in [0.4, 0.5) is 10.8 Å². The molecule has 1 aromatic carbocycles. The quantitative estimate of drug-likeness (QED) is 0.896. The lowest BCUT2D eigenvalue weighted by Crippen LogP contribution is -2.05. The van der Waals surface area contributed by atoms with E-state index in [2.05, 4.69) is 14.7 Å². The van der Waals surface area contributed by atoms with Crippen LogP contribution >= 0.6 is 23.1 Å². The number of hydrogen-bond acceptors (Lipinski definition) is 5. The van der Waals surface area contributed by atoms with E-state index < -0.39 is 6.10 Å². The van der Waals surface area contributed by atoms with Gasteiger partial charge in [0.25, 0.3) is 0 Å². The van der Waals surface area contributed by atoms with Gasteiger partial charge in [-0.05, 0) is 31.2 Å². The van der Waals surface area contributed by atoms with E-state index in [4.69, 9.17) is 11.6 Å². The molecule has 0 amide bonds. The number of aliphatic hydroxyl groups is 1. The van der Waals surface area contributed by atoms with Gasteiger partial charge < -0.3 is 10.4 Å². The van der Waals surface area contributed by atoms with Crippen molar-refractivity contribution in [3.8, 4) is 0 Å². The normalized spacial score (nSPS) is 12.4. The third-order valence-electron chi connectivity index (χ3n) is 2.04. The van der Waals surface area contributed by atoms with Crippen molar-refractivity contribution in [1.82, 2.24) is 9.36 Å². The van der Waals surface area contributed by atoms with E-state index >= 15 is 0 Å². The molecule has 2 rings (SSSR count). The fourth-order valence-corrected chi connectivity index (χ4v) is 2.05. The molecule has 2 aromatic rings. The molecule has 1 heterocycles. The number of nitrogens with zero attached hydrogens (tertiary/aromatic N) is 2. The van der Waals surface area contributed by atoms with Crippen molar-refractivity contribution in [3.63, 3.8) is 0 Å². The lowest BCUT2D eigenvalue weighted by molar-refractivity contribution is 0.193. The van der Waals surface area contributed by atoms with E-state index in [0.717, 1.165) is 5.69 Å². The zero-order chi connectivity index (χ0) is 12.3. The zero-order valence-corrected chi connectivity index (χ0v) is 10.8. The number of anilines is 2. The summed E-state index contributed by atoms with van der Waals surface area (Å²) in [6.07, 6.45) is 0.0479. The van der Waals surface area contributed by atoms with Crippen molar-refractivity contribution >= 4 is 34.0 Å². The third kappa shape index (κ3) is 3.66. The molecule has 0 fully saturated rings. The van der Waals surface area contributed by atoms with Crippen molar-refractivity contribution in [2.75, 3.05) is 5.32 Å². The first-order valence-corrected chi connectivity index (χ1v) is 6.32. The van der Waals surface area contributed by atoms with Gasteiger partial charge in [0, 0.05) is 28.7 Å². The molecule has 0 aliphatic heterocycles. The van der Waals surface area contributed by atoms with Crippen LogP contribution in [0.25, 0.3) is 0 Å². The molecule has 0 saturated carbocycles. The lowest BCUT2D eigenvalue weighted by atomic mass is 10.3. The van der Waals surface area contributed by atoms with Gasteiger partial charge in [0.1, 0.15) is 5.82 Å². The van der Waals surface area contributed by atoms with Crippen LogP contribution in [-0.4, -0.2) is 20.6 Å². The largest absolute Gasteiger partial charge is 0.393 e. The van der Waals surface area contributed by atoms with E-state index in [1.807, 2.05) is 24.3 Å². The summed E-state index contributed by atoms with van der Waals surface area (Å²) in [6.45, 7) is 1.72. The molecule has 2 N–H and O–H groups in total. The molecule has 0 aliphatic carbocycles. The summed E-state index contributed by atoms with van der Waals surface area (Å²) in [6, 6.07) is 7.36. The number of aromatic nitrogens is 2. The lowest BCUT2D eigenvalue weighted by Gasteiger charge is -2.01. The molecule has 17 heavy (non-hydrogen) atoms. The molecule has 0 unspecified atom stereocenters. The first-order chi connectivity index (χ1) is 8.13. The minimum absolute atomic E-state index is 0.423. The summed E-state index contributed by atoms with van der Waals surface area (Å²) in [7, 11) is 0. The maximum absolute atomic E-state index is 9.22. The highest BCUT2D eigenvalue weighted by atomic mass is 35.5. The van der Waals surface area contributed by atoms with Crippen LogP contribution in [0, 0.1) is 0 Å². The first-order valence-electron chi connectivity index (χ1n) is 5.17. The van der Waals surface area contributed by atoms with Crippen molar-refractivity contribution < 1.29 is 5.11 Å². The minimum Gasteiger partial charge on any atom is -0.393 e. The summed E-state index contributed by atoms with van der Waals surface area (Å²) in [5.41, 5.74) is 0.911. The average Bonchev–Trinajstić information content (AvgIpc) is 2.68. The van der Waals surface area contributed by atoms with Gasteiger partial charge in [0.15, 0.2) is 0 Å². The smallest absolute Gasteiger partial charge is 0.207 e. The maximum Gasteiger partial charge on any atom is 0.207 e. The Kier molecular flexibility index (Phi) is 3.93. The van der Waals surface area contributed by atoms with Crippen LogP contribution in [0.3, 0.4) is 0 Å². The van der Waals surface area contributed by atoms with Crippen LogP contribution in [-0.2, 0) is 6.42 Å². The van der Waals surface area contributed by atoms with Gasteiger partial charge in [0.05, 0.1) is 6.10 Å². The van der Waals surface area contributed by atoms with Crippen LogP contribution < -0.4 is 5.32 Å². The highest BCUT2D eigenvalue weighted by Gasteiger charge is 2.06. The molecule has 4 nitrogen and oxygen atoms in total. The first kappa shape index (κ1) is 12.3. The standard InChI is InChI=1S/C11H12ClN3OS/c1-7(16)6-10-14-11(17-15-10)13-9-4-2-8(12)3-5-9/h2-5,7,16H,6H2,1H3,(H,13,14,15)/t7-/m1/s1. The molecule has 0 saturated heterocycles. The predicted octanol–water partition coefficient (Wildman–Crippen LogP) is 2.86. The second-order valence-electron chi connectivity index (χ2n) is 3.70. The molecule has 0 spiro atoms. The summed E-state index contributed by atoms with van der Waals surface area (Å²) < 4.78 is 4.15. The summed E-state index contributed by atoms with van der Waals surface area (Å²) >= 11 is 7.07. The van der Waals surface area contributed by atoms with Gasteiger partial charge in [0.2, 0.25) is 5.13 Å². The Morgan fingerprint density at radius 3 is 2.76 bits per heavy atom. The minimum atomic E-state index is -0.423. The van der Waals surface area contributed by atoms with Gasteiger partial charge in [-0.25, -0.2) is 4.98 Å². The van der Waals surface area contributed by atoms with Gasteiger partial charge in [-0.3, -0.25) is 0 Å². The van der Waals surface area contributed by atoms with Gasteiger partial charge >= 0.3 is 0 Å². The number of halogens is 1. The third-order valence-corrected chi connectivity index (χ3v) is 2.96. The average molecular weight is 270 g/mol. The highest BCUT2D eigenvalue weighted by Crippen LogP contribution is 2.20. The van der Waals surface area contributed by atoms with Gasteiger partial charge in [-0.1, -0.05) is 11.6 Å². The Labute approximate surface area is 108 Å². The molecule has 1 atom stereocenters. The SMILES string of the molecule is C[C@@H](O)Cc1nsc(Nc2ccc(Cl)cc2)n1. The molecule has 6 heteroatoms. The Balaban J connectivity index is 2.03. The van der Waals surface area contributed by atoms with E-state index in [1.54, 1.807) is 6.92 Å². The van der Waals surface area contributed by atoms with E-state index in [9.17, 15) is 5.11 Å². The number of hydrogen-bond donors (Lipinski definition) is 2. The summed E-state index contributed by atoms with van der Waals surface area (Å²) in [5, 5.41) is 13.8. The second-order valence-corrected chi connectivity index (χ2v) is 4.89. The van der Waals surface area contributed by atoms with E-state index in [1.165, 1.54) is 11.5 Å². The number of aliphatic hydroxyl groups excluding tert-OH is 1. The molecular formula is C11H12ClN3OS. The van der Waals surface area contributed by atoms with Crippen LogP contribution in [0.1, 0.15) is 12.7 Å². The number of nitrogens with one attached hydrogen (secondary N) is 1. The van der Waals surface area contributed by atoms with Crippen molar-refractivity contribution in [3.05, 3.63) is 35.1 Å². The monoisotopic (exact) mass is 269 g/mol. The molecule has 90 valence electrons. The molecule has 1 aromatic heterocycles. The highest BCUT2D eigenvalue weighted by molar-refractivity contribution is 7.09. The Hall–Kier alpha value is -1.17. The van der Waals surface area contributed by atoms with Gasteiger partial charge in [-0.2, -0.15) is 4.37 Å². The van der Waals surface area contributed by atoms with Crippen molar-refractivity contribution in [2.45, 2.75) is 19.4 Å². The fourth-order valence-electron chi connectivity index (χ4n) is 1.31. The zero-order valence-electron chi connectivity index (χ0n) is 9.22. The van der Waals surface area contributed by atoms with E-state index in [0.29, 0.717) is 22.4 Å². The second kappa shape index (κ2) is 5.44.